The van der Waals surface area contributed by atoms with Crippen molar-refractivity contribution >= 4 is 56.4 Å². The van der Waals surface area contributed by atoms with Gasteiger partial charge in [-0.15, -0.1) is 11.3 Å². The van der Waals surface area contributed by atoms with Crippen LogP contribution in [0.15, 0.2) is 47.8 Å². The monoisotopic (exact) mass is 586 g/mol. The van der Waals surface area contributed by atoms with Gasteiger partial charge in [0, 0.05) is 30.5 Å². The van der Waals surface area contributed by atoms with E-state index >= 15 is 0 Å². The van der Waals surface area contributed by atoms with Crippen LogP contribution in [0.3, 0.4) is 0 Å². The smallest absolute Gasteiger partial charge is 0.340 e. The van der Waals surface area contributed by atoms with Crippen molar-refractivity contribution in [3.63, 3.8) is 0 Å². The van der Waals surface area contributed by atoms with Crippen molar-refractivity contribution in [1.29, 1.82) is 0 Å². The third-order valence-corrected chi connectivity index (χ3v) is 9.31. The third kappa shape index (κ3) is 5.79. The van der Waals surface area contributed by atoms with Gasteiger partial charge in [-0.1, -0.05) is 12.1 Å². The zero-order valence-corrected chi connectivity index (χ0v) is 25.4. The molecule has 42 heavy (non-hydrogen) atoms. The minimum atomic E-state index is -0.961. The molecule has 9 nitrogen and oxygen atoms in total. The highest BCUT2D eigenvalue weighted by molar-refractivity contribution is 7.17. The molecule has 220 valence electrons. The van der Waals surface area contributed by atoms with E-state index in [-0.39, 0.29) is 5.97 Å². The number of aliphatic hydroxyl groups is 1. The summed E-state index contributed by atoms with van der Waals surface area (Å²) < 4.78 is 5.18. The number of likely N-dealkylation sites (tertiary alicyclic amines) is 1. The Balaban J connectivity index is 1.27. The summed E-state index contributed by atoms with van der Waals surface area (Å²) in [4.78, 5) is 28.2. The van der Waals surface area contributed by atoms with Crippen molar-refractivity contribution in [2.24, 2.45) is 0 Å². The molecule has 3 N–H and O–H groups in total. The number of anilines is 5. The van der Waals surface area contributed by atoms with Gasteiger partial charge in [0.2, 0.25) is 5.95 Å². The van der Waals surface area contributed by atoms with Gasteiger partial charge in [-0.05, 0) is 100.0 Å². The largest absolute Gasteiger partial charge is 0.465 e. The summed E-state index contributed by atoms with van der Waals surface area (Å²) >= 11 is 1.56. The number of benzene rings is 2. The summed E-state index contributed by atoms with van der Waals surface area (Å²) in [7, 11) is 1.42. The van der Waals surface area contributed by atoms with Crippen LogP contribution in [-0.2, 0) is 10.3 Å². The van der Waals surface area contributed by atoms with E-state index in [0.29, 0.717) is 29.1 Å². The van der Waals surface area contributed by atoms with E-state index in [1.54, 1.807) is 25.2 Å². The number of carbonyl (C=O) groups excluding carboxylic acids is 1. The number of thiophene rings is 1. The van der Waals surface area contributed by atoms with Crippen LogP contribution >= 0.6 is 11.3 Å². The first-order valence-electron chi connectivity index (χ1n) is 14.5. The van der Waals surface area contributed by atoms with Crippen LogP contribution in [0.2, 0.25) is 0 Å². The zero-order valence-electron chi connectivity index (χ0n) is 24.6. The van der Waals surface area contributed by atoms with Crippen LogP contribution in [-0.4, -0.2) is 65.3 Å². The number of aromatic nitrogens is 2. The number of esters is 1. The van der Waals surface area contributed by atoms with Gasteiger partial charge in [-0.2, -0.15) is 4.98 Å². The molecule has 2 aliphatic heterocycles. The van der Waals surface area contributed by atoms with Crippen molar-refractivity contribution in [2.45, 2.75) is 51.7 Å². The number of nitrogens with one attached hydrogen (secondary N) is 2. The second-order valence-corrected chi connectivity index (χ2v) is 12.6. The molecule has 0 amide bonds. The lowest BCUT2D eigenvalue weighted by molar-refractivity contribution is 0.0601. The summed E-state index contributed by atoms with van der Waals surface area (Å²) in [6.07, 6.45) is 3.50. The Kier molecular flexibility index (Phi) is 7.78. The molecular formula is C32H38N6O3S. The van der Waals surface area contributed by atoms with Crippen LogP contribution in [0.1, 0.15) is 54.6 Å². The van der Waals surface area contributed by atoms with Crippen molar-refractivity contribution in [1.82, 2.24) is 14.9 Å². The van der Waals surface area contributed by atoms with E-state index in [0.717, 1.165) is 58.6 Å². The van der Waals surface area contributed by atoms with E-state index < -0.39 is 5.60 Å². The van der Waals surface area contributed by atoms with Crippen LogP contribution in [0.4, 0.5) is 28.8 Å². The number of piperidine rings is 1. The Hall–Kier alpha value is -3.73. The first kappa shape index (κ1) is 28.4. The molecule has 0 spiro atoms. The Morgan fingerprint density at radius 3 is 2.50 bits per heavy atom. The Morgan fingerprint density at radius 2 is 1.81 bits per heavy atom. The van der Waals surface area contributed by atoms with Gasteiger partial charge in [0.1, 0.15) is 10.6 Å². The van der Waals surface area contributed by atoms with Gasteiger partial charge >= 0.3 is 5.97 Å². The molecule has 0 aliphatic carbocycles. The molecule has 2 aromatic carbocycles. The number of ether oxygens (including phenoxy) is 1. The average molecular weight is 587 g/mol. The minimum absolute atomic E-state index is 0.363. The average Bonchev–Trinajstić information content (AvgIpc) is 3.32. The SMILES string of the molecule is COC(=O)c1cc(Nc2nc(Nc3cccc(C(C)(C)O)c3)c3c(C)csc3n2)ccc1N1CCC(N2CCC2)CC1. The third-order valence-electron chi connectivity index (χ3n) is 8.32. The molecule has 2 aromatic heterocycles. The van der Waals surface area contributed by atoms with Crippen LogP contribution < -0.4 is 15.5 Å². The topological polar surface area (TPSA) is 103 Å². The van der Waals surface area contributed by atoms with Gasteiger partial charge in [0.25, 0.3) is 0 Å². The van der Waals surface area contributed by atoms with Gasteiger partial charge < -0.3 is 30.3 Å². The molecule has 4 aromatic rings. The molecule has 0 bridgehead atoms. The Morgan fingerprint density at radius 1 is 1.05 bits per heavy atom. The summed E-state index contributed by atoms with van der Waals surface area (Å²) in [5.74, 6) is 0.728. The van der Waals surface area contributed by atoms with E-state index in [2.05, 4.69) is 25.8 Å². The van der Waals surface area contributed by atoms with E-state index in [1.165, 1.54) is 26.6 Å². The van der Waals surface area contributed by atoms with Gasteiger partial charge in [0.05, 0.1) is 29.3 Å². The minimum Gasteiger partial charge on any atom is -0.465 e. The predicted octanol–water partition coefficient (Wildman–Crippen LogP) is 6.18. The molecule has 6 rings (SSSR count). The lowest BCUT2D eigenvalue weighted by Gasteiger charge is -2.43. The number of aryl methyl sites for hydroxylation is 1. The highest BCUT2D eigenvalue weighted by Crippen LogP contribution is 2.35. The van der Waals surface area contributed by atoms with E-state index in [4.69, 9.17) is 14.7 Å². The van der Waals surface area contributed by atoms with Gasteiger partial charge in [-0.25, -0.2) is 9.78 Å². The predicted molar refractivity (Wildman–Crippen MR) is 170 cm³/mol. The lowest BCUT2D eigenvalue weighted by Crippen LogP contribution is -2.50. The standard InChI is InChI=1S/C32H38N6O3S/c1-20-19-42-29-27(20)28(33-22-8-5-7-21(17-22)32(2,3)40)35-31(36-29)34-23-9-10-26(25(18-23)30(39)41-4)38-15-11-24(12-16-38)37-13-6-14-37/h5,7-10,17-19,24,40H,6,11-16H2,1-4H3,(H2,33,34,35,36). The van der Waals surface area contributed by atoms with Gasteiger partial charge in [-0.3, -0.25) is 0 Å². The second-order valence-electron chi connectivity index (χ2n) is 11.7. The molecule has 10 heteroatoms. The molecular weight excluding hydrogens is 548 g/mol. The number of fused-ring (bicyclic) bond motifs is 1. The number of nitrogens with zero attached hydrogens (tertiary/aromatic N) is 4. The van der Waals surface area contributed by atoms with Crippen molar-refractivity contribution in [2.75, 3.05) is 48.8 Å². The number of rotatable bonds is 8. The lowest BCUT2D eigenvalue weighted by atomic mass is 9.98. The van der Waals surface area contributed by atoms with Gasteiger partial charge in [0.15, 0.2) is 0 Å². The Labute approximate surface area is 250 Å². The van der Waals surface area contributed by atoms with Crippen LogP contribution in [0.25, 0.3) is 10.2 Å². The van der Waals surface area contributed by atoms with Crippen molar-refractivity contribution in [3.05, 3.63) is 64.5 Å². The number of carbonyl (C=O) groups is 1. The van der Waals surface area contributed by atoms with E-state index in [9.17, 15) is 9.90 Å². The maximum Gasteiger partial charge on any atom is 0.340 e. The number of methoxy groups -OCH3 is 1. The molecule has 0 saturated carbocycles. The number of hydrogen-bond donors (Lipinski definition) is 3. The first-order valence-corrected chi connectivity index (χ1v) is 15.4. The fraction of sp³-hybridized carbons (Fsp3) is 0.406. The maximum atomic E-state index is 12.9. The molecule has 4 heterocycles. The molecule has 2 fully saturated rings. The maximum absolute atomic E-state index is 12.9. The highest BCUT2D eigenvalue weighted by Gasteiger charge is 2.29. The van der Waals surface area contributed by atoms with Crippen molar-refractivity contribution < 1.29 is 14.6 Å². The molecule has 0 radical (unpaired) electrons. The fourth-order valence-electron chi connectivity index (χ4n) is 5.81. The molecule has 0 unspecified atom stereocenters. The summed E-state index contributed by atoms with van der Waals surface area (Å²) in [6.45, 7) is 9.83. The fourth-order valence-corrected chi connectivity index (χ4v) is 6.74. The first-order chi connectivity index (χ1) is 20.2. The zero-order chi connectivity index (χ0) is 29.4. The summed E-state index contributed by atoms with van der Waals surface area (Å²) in [5.41, 5.74) is 3.88. The Bertz CT molecular complexity index is 1600. The van der Waals surface area contributed by atoms with E-state index in [1.807, 2.05) is 49.4 Å². The molecule has 2 aliphatic rings. The van der Waals surface area contributed by atoms with Crippen LogP contribution in [0, 0.1) is 6.92 Å². The molecule has 2 saturated heterocycles. The highest BCUT2D eigenvalue weighted by atomic mass is 32.1. The summed E-state index contributed by atoms with van der Waals surface area (Å²) in [6, 6.07) is 14.1. The molecule has 0 atom stereocenters. The van der Waals surface area contributed by atoms with Crippen LogP contribution in [0.5, 0.6) is 0 Å². The second kappa shape index (κ2) is 11.5. The summed E-state index contributed by atoms with van der Waals surface area (Å²) in [5, 5.41) is 20.3. The quantitative estimate of drug-likeness (QED) is 0.209. The normalized spacial score (nSPS) is 16.4. The van der Waals surface area contributed by atoms with Crippen molar-refractivity contribution in [3.8, 4) is 0 Å². The number of hydrogen-bond acceptors (Lipinski definition) is 10.